The Morgan fingerprint density at radius 2 is 1.21 bits per heavy atom. The second-order valence-corrected chi connectivity index (χ2v) is 17.4. The van der Waals surface area contributed by atoms with Gasteiger partial charge in [0, 0.05) is 30.2 Å². The van der Waals surface area contributed by atoms with Gasteiger partial charge in [0.15, 0.2) is 0 Å². The molecule has 1 aliphatic heterocycles. The molecule has 0 bridgehead atoms. The Morgan fingerprint density at radius 3 is 1.73 bits per heavy atom. The predicted octanol–water partition coefficient (Wildman–Crippen LogP) is 4.25. The van der Waals surface area contributed by atoms with Crippen molar-refractivity contribution in [3.63, 3.8) is 0 Å². The number of aryl methyl sites for hydroxylation is 1. The monoisotopic (exact) mass is 926 g/mol. The van der Waals surface area contributed by atoms with Gasteiger partial charge in [-0.2, -0.15) is 13.2 Å². The Kier molecular flexibility index (Phi) is 16.5. The van der Waals surface area contributed by atoms with E-state index < -0.39 is 78.5 Å². The molecular weight excluding hydrogens is 872 g/mol. The summed E-state index contributed by atoms with van der Waals surface area (Å²) in [6.07, 6.45) is -5.59. The fourth-order valence-electron chi connectivity index (χ4n) is 8.53. The van der Waals surface area contributed by atoms with E-state index in [1.807, 2.05) is 60.7 Å². The number of alkyl halides is 3. The van der Waals surface area contributed by atoms with Gasteiger partial charge in [-0.1, -0.05) is 78.9 Å². The molecule has 2 aliphatic rings. The highest BCUT2D eigenvalue weighted by molar-refractivity contribution is 6.62. The fourth-order valence-corrected chi connectivity index (χ4v) is 8.53. The van der Waals surface area contributed by atoms with Gasteiger partial charge < -0.3 is 46.7 Å². The highest BCUT2D eigenvalue weighted by Crippen LogP contribution is 2.31. The lowest BCUT2D eigenvalue weighted by Gasteiger charge is -2.36. The van der Waals surface area contributed by atoms with Crippen LogP contribution in [0.4, 0.5) is 23.7 Å². The number of nitrogens with one attached hydrogen (secondary N) is 6. The topological polar surface area (TPSA) is 224 Å². The first-order chi connectivity index (χ1) is 31.8. The Morgan fingerprint density at radius 1 is 0.687 bits per heavy atom. The molecule has 8 N–H and O–H groups in total. The lowest BCUT2D eigenvalue weighted by atomic mass is 9.78. The number of halogens is 3. The second kappa shape index (κ2) is 22.2. The van der Waals surface area contributed by atoms with E-state index in [1.165, 1.54) is 18.2 Å². The van der Waals surface area contributed by atoms with Crippen LogP contribution < -0.4 is 37.4 Å². The summed E-state index contributed by atoms with van der Waals surface area (Å²) in [4.78, 5) is 79.3. The normalized spacial score (nSPS) is 18.4. The minimum atomic E-state index is -4.57. The van der Waals surface area contributed by atoms with Crippen molar-refractivity contribution >= 4 is 53.9 Å². The number of benzene rings is 4. The minimum absolute atomic E-state index is 0.0314. The van der Waals surface area contributed by atoms with E-state index in [1.54, 1.807) is 26.0 Å². The maximum Gasteiger partial charge on any atom is 0.492 e. The third kappa shape index (κ3) is 14.6. The molecule has 1 heterocycles. The van der Waals surface area contributed by atoms with Gasteiger partial charge in [0.1, 0.15) is 12.1 Å². The number of hydrogen-bond acceptors (Lipinski definition) is 8. The molecule has 0 radical (unpaired) electrons. The quantitative estimate of drug-likeness (QED) is 0.0668. The zero-order valence-corrected chi connectivity index (χ0v) is 37.0. The molecule has 0 spiro atoms. The highest BCUT2D eigenvalue weighted by atomic mass is 19.4. The average molecular weight is 927 g/mol. The zero-order valence-electron chi connectivity index (χ0n) is 37.0. The number of rotatable bonds is 18. The highest BCUT2D eigenvalue weighted by Gasteiger charge is 2.41. The molecule has 1 fully saturated rings. The number of carboxylic acid groups (broad SMARTS) is 1. The standard InChI is InChI=1S/C48H54BF3N6O9/c1-47(2)37-19-18-33(28-38(37)49(66)67-47)56-44(62)39(20-15-29-13-16-32(17-14-29)48(50,51)52)57-45(63)40(58-46(64)65)21-22-41(59)53-34-25-35(54-42(60)23-30-9-5-3-6-10-30)27-36(26-34)55-43(61)24-31-11-7-4-8-12-31/h3-14,16-19,28,34-36,39-40,58,66H,15,20-27H2,1-2H3,(H,53,59)(H,54,60)(H,55,61)(H,56,62)(H,57,63)(H,64,65)/t34?,35-,36+,39-,40+/m1/s1. The van der Waals surface area contributed by atoms with Gasteiger partial charge in [0.2, 0.25) is 29.5 Å². The summed E-state index contributed by atoms with van der Waals surface area (Å²) in [6.45, 7) is 3.54. The van der Waals surface area contributed by atoms with Crippen molar-refractivity contribution in [2.75, 3.05) is 5.32 Å². The van der Waals surface area contributed by atoms with Crippen LogP contribution in [0, 0.1) is 0 Å². The first kappa shape index (κ1) is 49.7. The number of anilines is 1. The van der Waals surface area contributed by atoms with Crippen LogP contribution in [-0.2, 0) is 59.7 Å². The maximum atomic E-state index is 13.8. The second-order valence-electron chi connectivity index (χ2n) is 17.4. The van der Waals surface area contributed by atoms with Crippen LogP contribution in [0.25, 0.3) is 0 Å². The van der Waals surface area contributed by atoms with Crippen molar-refractivity contribution in [3.8, 4) is 0 Å². The molecule has 4 aromatic carbocycles. The van der Waals surface area contributed by atoms with Crippen molar-refractivity contribution in [2.45, 2.75) is 114 Å². The lowest BCUT2D eigenvalue weighted by molar-refractivity contribution is -0.137. The summed E-state index contributed by atoms with van der Waals surface area (Å²) in [5.41, 5.74) is 1.73. The van der Waals surface area contributed by atoms with Crippen LogP contribution in [-0.4, -0.2) is 83.1 Å². The van der Waals surface area contributed by atoms with E-state index in [4.69, 9.17) is 4.65 Å². The predicted molar refractivity (Wildman–Crippen MR) is 243 cm³/mol. The molecule has 0 aromatic heterocycles. The van der Waals surface area contributed by atoms with Crippen LogP contribution in [0.3, 0.4) is 0 Å². The van der Waals surface area contributed by atoms with Gasteiger partial charge in [0.05, 0.1) is 24.0 Å². The summed E-state index contributed by atoms with van der Waals surface area (Å²) in [5.74, 6) is -2.69. The van der Waals surface area contributed by atoms with E-state index >= 15 is 0 Å². The molecule has 5 atom stereocenters. The first-order valence-corrected chi connectivity index (χ1v) is 22.0. The molecule has 6 rings (SSSR count). The van der Waals surface area contributed by atoms with E-state index in [-0.39, 0.29) is 56.0 Å². The van der Waals surface area contributed by atoms with Crippen molar-refractivity contribution in [3.05, 3.63) is 131 Å². The molecule has 0 saturated heterocycles. The van der Waals surface area contributed by atoms with Crippen molar-refractivity contribution in [1.82, 2.24) is 26.6 Å². The van der Waals surface area contributed by atoms with Crippen LogP contribution in [0.1, 0.15) is 80.2 Å². The summed E-state index contributed by atoms with van der Waals surface area (Å²) in [5, 5.41) is 36.6. The third-order valence-electron chi connectivity index (χ3n) is 11.8. The summed E-state index contributed by atoms with van der Waals surface area (Å²) < 4.78 is 45.4. The van der Waals surface area contributed by atoms with E-state index in [0.717, 1.165) is 23.3 Å². The van der Waals surface area contributed by atoms with Crippen molar-refractivity contribution in [1.29, 1.82) is 0 Å². The Labute approximate surface area is 386 Å². The number of carbonyl (C=O) groups excluding carboxylic acids is 5. The van der Waals surface area contributed by atoms with Crippen molar-refractivity contribution in [2.24, 2.45) is 0 Å². The van der Waals surface area contributed by atoms with Gasteiger partial charge in [0.25, 0.3) is 0 Å². The molecule has 15 nitrogen and oxygen atoms in total. The molecule has 1 saturated carbocycles. The minimum Gasteiger partial charge on any atom is -0.465 e. The molecule has 4 aromatic rings. The van der Waals surface area contributed by atoms with Crippen molar-refractivity contribution < 1.29 is 56.7 Å². The third-order valence-corrected chi connectivity index (χ3v) is 11.8. The van der Waals surface area contributed by atoms with Crippen LogP contribution >= 0.6 is 0 Å². The van der Waals surface area contributed by atoms with Crippen LogP contribution in [0.2, 0.25) is 0 Å². The molecule has 19 heteroatoms. The Hall–Kier alpha value is -6.73. The molecular formula is C48H54BF3N6O9. The summed E-state index contributed by atoms with van der Waals surface area (Å²) in [6, 6.07) is 23.2. The molecule has 1 aliphatic carbocycles. The van der Waals surface area contributed by atoms with E-state index in [0.29, 0.717) is 35.9 Å². The molecule has 1 unspecified atom stereocenters. The first-order valence-electron chi connectivity index (χ1n) is 22.0. The SMILES string of the molecule is CC1(C)OB(O)c2cc(NC(=O)[C@@H](CCc3ccc(C(F)(F)F)cc3)NC(=O)[C@H](CCC(=O)NC3C[C@@H](NC(=O)Cc4ccccc4)C[C@@H](NC(=O)Cc4ccccc4)C3)NC(=O)O)ccc21. The van der Waals surface area contributed by atoms with Crippen LogP contribution in [0.15, 0.2) is 103 Å². The number of fused-ring (bicyclic) bond motifs is 1. The summed E-state index contributed by atoms with van der Waals surface area (Å²) >= 11 is 0. The molecule has 354 valence electrons. The largest absolute Gasteiger partial charge is 0.492 e. The molecule has 67 heavy (non-hydrogen) atoms. The van der Waals surface area contributed by atoms with E-state index in [2.05, 4.69) is 31.9 Å². The van der Waals surface area contributed by atoms with E-state index in [9.17, 15) is 52.1 Å². The Balaban J connectivity index is 1.12. The van der Waals surface area contributed by atoms with Gasteiger partial charge in [-0.15, -0.1) is 0 Å². The van der Waals surface area contributed by atoms with Crippen LogP contribution in [0.5, 0.6) is 0 Å². The van der Waals surface area contributed by atoms with Gasteiger partial charge >= 0.3 is 19.4 Å². The zero-order chi connectivity index (χ0) is 48.3. The summed E-state index contributed by atoms with van der Waals surface area (Å²) in [7, 11) is -1.27. The number of carbonyl (C=O) groups is 6. The lowest BCUT2D eigenvalue weighted by Crippen LogP contribution is -2.54. The molecule has 6 amide bonds. The number of amides is 6. The number of hydrogen-bond donors (Lipinski definition) is 8. The van der Waals surface area contributed by atoms with Gasteiger partial charge in [-0.25, -0.2) is 4.79 Å². The fraction of sp³-hybridized carbons (Fsp3) is 0.375. The maximum absolute atomic E-state index is 13.8. The Bertz CT molecular complexity index is 2330. The van der Waals surface area contributed by atoms with Gasteiger partial charge in [-0.3, -0.25) is 24.0 Å². The van der Waals surface area contributed by atoms with Gasteiger partial charge in [-0.05, 0) is 104 Å². The average Bonchev–Trinajstić information content (AvgIpc) is 3.49. The smallest absolute Gasteiger partial charge is 0.465 e.